The third-order valence-corrected chi connectivity index (χ3v) is 9.77. The van der Waals surface area contributed by atoms with Gasteiger partial charge in [-0.05, 0) is 80.5 Å². The number of fused-ring (bicyclic) bond motifs is 4. The summed E-state index contributed by atoms with van der Waals surface area (Å²) in [5, 5.41) is 0. The molecule has 4 fully saturated rings. The summed E-state index contributed by atoms with van der Waals surface area (Å²) in [6.07, 6.45) is -0.699. The molecule has 1 aromatic rings. The van der Waals surface area contributed by atoms with Crippen LogP contribution in [0.1, 0.15) is 97.1 Å². The van der Waals surface area contributed by atoms with Gasteiger partial charge in [0.2, 0.25) is 0 Å². The number of thiol groups is 1. The summed E-state index contributed by atoms with van der Waals surface area (Å²) < 4.78 is 23.8. The first-order valence-corrected chi connectivity index (χ1v) is 15.3. The van der Waals surface area contributed by atoms with Crippen LogP contribution in [0.15, 0.2) is 17.0 Å². The molecule has 5 rings (SSSR count). The lowest BCUT2D eigenvalue weighted by atomic mass is 9.59. The molecule has 9 unspecified atom stereocenters. The average molecular weight is 587 g/mol. The van der Waals surface area contributed by atoms with Gasteiger partial charge in [0.15, 0.2) is 18.1 Å². The van der Waals surface area contributed by atoms with Gasteiger partial charge in [0.05, 0.1) is 11.5 Å². The zero-order valence-electron chi connectivity index (χ0n) is 25.0. The highest BCUT2D eigenvalue weighted by Gasteiger charge is 2.61. The molecule has 2 saturated heterocycles. The molecule has 2 heterocycles. The first kappa shape index (κ1) is 30.1. The van der Waals surface area contributed by atoms with Crippen LogP contribution in [0, 0.1) is 29.1 Å². The zero-order chi connectivity index (χ0) is 30.0. The van der Waals surface area contributed by atoms with Crippen molar-refractivity contribution in [2.45, 2.75) is 115 Å². The second kappa shape index (κ2) is 11.0. The number of Topliss-reactive ketones (excluding diaryl/α,β-unsaturated/α-hetero) is 1. The Labute approximate surface area is 247 Å². The predicted octanol–water partition coefficient (Wildman–Crippen LogP) is 5.40. The maximum atomic E-state index is 13.7. The molecule has 2 aliphatic carbocycles. The van der Waals surface area contributed by atoms with Crippen LogP contribution in [-0.4, -0.2) is 48.1 Å². The molecule has 9 atom stereocenters. The van der Waals surface area contributed by atoms with E-state index in [1.165, 1.54) is 0 Å². The molecule has 8 nitrogen and oxygen atoms in total. The zero-order valence-corrected chi connectivity index (χ0v) is 25.9. The highest BCUT2D eigenvalue weighted by molar-refractivity contribution is 7.80. The van der Waals surface area contributed by atoms with Crippen molar-refractivity contribution in [1.29, 1.82) is 0 Å². The van der Waals surface area contributed by atoms with Gasteiger partial charge in [-0.3, -0.25) is 19.2 Å². The lowest BCUT2D eigenvalue weighted by molar-refractivity contribution is -0.194. The second-order valence-electron chi connectivity index (χ2n) is 13.5. The molecule has 4 aliphatic rings. The number of rotatable bonds is 6. The Balaban J connectivity index is 1.39. The van der Waals surface area contributed by atoms with Gasteiger partial charge in [-0.15, -0.1) is 12.6 Å². The smallest absolute Gasteiger partial charge is 0.328 e. The Morgan fingerprint density at radius 3 is 2.24 bits per heavy atom. The summed E-state index contributed by atoms with van der Waals surface area (Å²) in [6, 6.07) is 3.73. The number of ketones is 1. The van der Waals surface area contributed by atoms with E-state index < -0.39 is 53.7 Å². The van der Waals surface area contributed by atoms with E-state index in [-0.39, 0.29) is 35.4 Å². The average Bonchev–Trinajstić information content (AvgIpc) is 3.08. The van der Waals surface area contributed by atoms with Crippen LogP contribution in [0.25, 0.3) is 0 Å². The molecule has 0 spiro atoms. The number of hydrogen-bond acceptors (Lipinski definition) is 9. The van der Waals surface area contributed by atoms with Crippen molar-refractivity contribution >= 4 is 36.3 Å². The molecule has 2 saturated carbocycles. The molecule has 4 bridgehead atoms. The standard InChI is InChI=1S/C32H42O8S/c1-14(2)21-10-20(41)11-22(15(3)4)26(21)39-30(35)23-27-28(25(17(6)37-27)38-29(23)34)40-31(36)32(7)12-18-8-16(5)24(33)19(9-18)13-32/h10-11,14-19,23,25,27-28,41H,8-9,12-13H2,1-7H3. The van der Waals surface area contributed by atoms with Gasteiger partial charge >= 0.3 is 17.9 Å². The highest BCUT2D eigenvalue weighted by Crippen LogP contribution is 2.50. The Kier molecular flexibility index (Phi) is 8.09. The first-order valence-electron chi connectivity index (χ1n) is 14.9. The van der Waals surface area contributed by atoms with Gasteiger partial charge < -0.3 is 18.9 Å². The van der Waals surface area contributed by atoms with E-state index in [4.69, 9.17) is 18.9 Å². The van der Waals surface area contributed by atoms with Crippen LogP contribution in [0.2, 0.25) is 0 Å². The molecule has 224 valence electrons. The number of carbonyl (C=O) groups is 4. The van der Waals surface area contributed by atoms with E-state index in [0.29, 0.717) is 18.6 Å². The Morgan fingerprint density at radius 1 is 1.00 bits per heavy atom. The van der Waals surface area contributed by atoms with Crippen molar-refractivity contribution in [2.75, 3.05) is 0 Å². The minimum absolute atomic E-state index is 0.0188. The fourth-order valence-electron chi connectivity index (χ4n) is 7.47. The third kappa shape index (κ3) is 5.44. The normalized spacial score (nSPS) is 36.3. The quantitative estimate of drug-likeness (QED) is 0.205. The van der Waals surface area contributed by atoms with Gasteiger partial charge in [-0.25, -0.2) is 0 Å². The summed E-state index contributed by atoms with van der Waals surface area (Å²) in [5.41, 5.74) is 0.774. The molecular weight excluding hydrogens is 544 g/mol. The second-order valence-corrected chi connectivity index (χ2v) is 14.1. The summed E-state index contributed by atoms with van der Waals surface area (Å²) in [4.78, 5) is 54.0. The molecule has 9 heteroatoms. The van der Waals surface area contributed by atoms with Gasteiger partial charge in [0.1, 0.15) is 17.6 Å². The number of benzene rings is 1. The number of carbonyl (C=O) groups excluding carboxylic acids is 4. The summed E-state index contributed by atoms with van der Waals surface area (Å²) in [6.45, 7) is 13.5. The lowest BCUT2D eigenvalue weighted by Crippen LogP contribution is -2.55. The SMILES string of the molecule is CC1CC2CC(CC(C)(C(=O)OC3C4OC(=O)C(C(=O)Oc5c(C(C)C)cc(S)cc5C(C)C)C3OC4C)C2)C1=O. The predicted molar refractivity (Wildman–Crippen MR) is 153 cm³/mol. The monoisotopic (exact) mass is 586 g/mol. The third-order valence-electron chi connectivity index (χ3n) is 9.51. The number of ether oxygens (including phenoxy) is 4. The molecule has 0 radical (unpaired) electrons. The molecular formula is C32H42O8S. The van der Waals surface area contributed by atoms with Crippen molar-refractivity contribution < 1.29 is 38.1 Å². The van der Waals surface area contributed by atoms with Crippen molar-refractivity contribution in [1.82, 2.24) is 0 Å². The molecule has 1 aromatic carbocycles. The van der Waals surface area contributed by atoms with Crippen LogP contribution in [0.4, 0.5) is 0 Å². The fourth-order valence-corrected chi connectivity index (χ4v) is 7.75. The molecule has 0 amide bonds. The van der Waals surface area contributed by atoms with Crippen LogP contribution in [-0.2, 0) is 33.4 Å². The topological polar surface area (TPSA) is 105 Å². The van der Waals surface area contributed by atoms with E-state index in [0.717, 1.165) is 28.9 Å². The van der Waals surface area contributed by atoms with Crippen molar-refractivity contribution in [3.63, 3.8) is 0 Å². The van der Waals surface area contributed by atoms with Gasteiger partial charge in [-0.2, -0.15) is 0 Å². The molecule has 2 aliphatic heterocycles. The van der Waals surface area contributed by atoms with Crippen molar-refractivity contribution in [3.8, 4) is 5.75 Å². The maximum Gasteiger partial charge on any atom is 0.328 e. The Morgan fingerprint density at radius 2 is 1.63 bits per heavy atom. The maximum absolute atomic E-state index is 13.7. The van der Waals surface area contributed by atoms with Crippen molar-refractivity contribution in [3.05, 3.63) is 23.3 Å². The number of hydrogen-bond donors (Lipinski definition) is 1. The Hall–Kier alpha value is -2.39. The molecule has 41 heavy (non-hydrogen) atoms. The summed E-state index contributed by atoms with van der Waals surface area (Å²) >= 11 is 4.53. The minimum atomic E-state index is -1.41. The van der Waals surface area contributed by atoms with Gasteiger partial charge in [0.25, 0.3) is 0 Å². The van der Waals surface area contributed by atoms with Crippen LogP contribution in [0.5, 0.6) is 5.75 Å². The molecule has 0 aromatic heterocycles. The van der Waals surface area contributed by atoms with E-state index in [1.807, 2.05) is 53.7 Å². The largest absolute Gasteiger partial charge is 0.455 e. The lowest BCUT2D eigenvalue weighted by Gasteiger charge is -2.45. The van der Waals surface area contributed by atoms with E-state index in [2.05, 4.69) is 12.6 Å². The van der Waals surface area contributed by atoms with E-state index in [9.17, 15) is 19.2 Å². The van der Waals surface area contributed by atoms with E-state index in [1.54, 1.807) is 6.92 Å². The first-order chi connectivity index (χ1) is 19.2. The molecule has 0 N–H and O–H groups in total. The van der Waals surface area contributed by atoms with Crippen LogP contribution >= 0.6 is 12.6 Å². The Bertz CT molecular complexity index is 1230. The van der Waals surface area contributed by atoms with Crippen LogP contribution in [0.3, 0.4) is 0 Å². The summed E-state index contributed by atoms with van der Waals surface area (Å²) in [5.74, 6) is -2.55. The fraction of sp³-hybridized carbons (Fsp3) is 0.688. The van der Waals surface area contributed by atoms with Gasteiger partial charge in [-0.1, -0.05) is 34.6 Å². The van der Waals surface area contributed by atoms with Gasteiger partial charge in [0, 0.05) is 16.7 Å². The van der Waals surface area contributed by atoms with E-state index >= 15 is 0 Å². The van der Waals surface area contributed by atoms with Crippen LogP contribution < -0.4 is 4.74 Å². The van der Waals surface area contributed by atoms with Crippen molar-refractivity contribution in [2.24, 2.45) is 29.1 Å². The minimum Gasteiger partial charge on any atom is -0.455 e. The summed E-state index contributed by atoms with van der Waals surface area (Å²) in [7, 11) is 0. The number of esters is 3. The highest BCUT2D eigenvalue weighted by atomic mass is 32.1.